The van der Waals surface area contributed by atoms with Crippen LogP contribution in [0.25, 0.3) is 22.4 Å². The Morgan fingerprint density at radius 1 is 1.05 bits per heavy atom. The summed E-state index contributed by atoms with van der Waals surface area (Å²) in [7, 11) is 0. The fraction of sp³-hybridized carbons (Fsp3) is 0.0714. The normalized spacial score (nSPS) is 10.8. The highest BCUT2D eigenvalue weighted by Gasteiger charge is 2.06. The van der Waals surface area contributed by atoms with Gasteiger partial charge in [0.25, 0.3) is 0 Å². The van der Waals surface area contributed by atoms with E-state index < -0.39 is 5.82 Å². The van der Waals surface area contributed by atoms with Gasteiger partial charge in [0, 0.05) is 11.3 Å². The third kappa shape index (κ3) is 2.10. The van der Waals surface area contributed by atoms with E-state index in [-0.39, 0.29) is 5.69 Å². The molecule has 0 spiro atoms. The Labute approximate surface area is 109 Å². The summed E-state index contributed by atoms with van der Waals surface area (Å²) in [5.41, 5.74) is 8.51. The van der Waals surface area contributed by atoms with E-state index in [1.54, 1.807) is 12.3 Å². The number of nitrogens with zero attached hydrogens (tertiary/aromatic N) is 3. The first-order valence-electron chi connectivity index (χ1n) is 5.79. The van der Waals surface area contributed by atoms with Gasteiger partial charge in [-0.05, 0) is 37.3 Å². The first-order chi connectivity index (χ1) is 9.13. The highest BCUT2D eigenvalue weighted by Crippen LogP contribution is 2.21. The van der Waals surface area contributed by atoms with Crippen molar-refractivity contribution in [2.45, 2.75) is 6.92 Å². The lowest BCUT2D eigenvalue weighted by Gasteiger charge is -2.04. The molecule has 2 heterocycles. The third-order valence-electron chi connectivity index (χ3n) is 2.84. The van der Waals surface area contributed by atoms with Crippen molar-refractivity contribution in [1.29, 1.82) is 0 Å². The molecule has 0 aliphatic rings. The molecule has 3 aromatic rings. The molecule has 2 N–H and O–H groups in total. The molecule has 4 nitrogen and oxygen atoms in total. The number of aryl methyl sites for hydroxylation is 1. The smallest absolute Gasteiger partial charge is 0.160 e. The number of benzene rings is 1. The van der Waals surface area contributed by atoms with Gasteiger partial charge in [0.2, 0.25) is 0 Å². The standard InChI is InChI=1S/C14H11FN4/c1-8-2-5-12-13(18-8)7-17-14(19-12)9-3-4-11(16)10(15)6-9/h2-7H,16H2,1H3. The van der Waals surface area contributed by atoms with E-state index in [4.69, 9.17) is 5.73 Å². The number of nitrogens with two attached hydrogens (primary N) is 1. The molecule has 0 radical (unpaired) electrons. The van der Waals surface area contributed by atoms with Gasteiger partial charge in [-0.2, -0.15) is 0 Å². The van der Waals surface area contributed by atoms with Crippen molar-refractivity contribution < 1.29 is 4.39 Å². The number of pyridine rings is 1. The van der Waals surface area contributed by atoms with E-state index in [2.05, 4.69) is 15.0 Å². The van der Waals surface area contributed by atoms with Gasteiger partial charge >= 0.3 is 0 Å². The Morgan fingerprint density at radius 2 is 1.89 bits per heavy atom. The van der Waals surface area contributed by atoms with Crippen LogP contribution in [0.4, 0.5) is 10.1 Å². The van der Waals surface area contributed by atoms with E-state index in [1.807, 2.05) is 19.1 Å². The van der Waals surface area contributed by atoms with Crippen LogP contribution in [0, 0.1) is 12.7 Å². The number of halogens is 1. The molecule has 0 atom stereocenters. The summed E-state index contributed by atoms with van der Waals surface area (Å²) >= 11 is 0. The molecule has 94 valence electrons. The van der Waals surface area contributed by atoms with Crippen LogP contribution in [0.2, 0.25) is 0 Å². The quantitative estimate of drug-likeness (QED) is 0.678. The van der Waals surface area contributed by atoms with Crippen LogP contribution in [0.3, 0.4) is 0 Å². The predicted octanol–water partition coefficient (Wildman–Crippen LogP) is 2.72. The molecule has 0 aliphatic carbocycles. The van der Waals surface area contributed by atoms with Crippen molar-refractivity contribution in [2.75, 3.05) is 5.73 Å². The maximum atomic E-state index is 13.4. The van der Waals surface area contributed by atoms with Crippen molar-refractivity contribution in [1.82, 2.24) is 15.0 Å². The molecule has 2 aromatic heterocycles. The van der Waals surface area contributed by atoms with Gasteiger partial charge in [-0.15, -0.1) is 0 Å². The zero-order valence-electron chi connectivity index (χ0n) is 10.3. The van der Waals surface area contributed by atoms with Crippen LogP contribution >= 0.6 is 0 Å². The number of aromatic nitrogens is 3. The number of nitrogen functional groups attached to an aromatic ring is 1. The highest BCUT2D eigenvalue weighted by molar-refractivity contribution is 5.75. The molecule has 1 aromatic carbocycles. The molecule has 0 aliphatic heterocycles. The second-order valence-electron chi connectivity index (χ2n) is 4.29. The summed E-state index contributed by atoms with van der Waals surface area (Å²) in [6, 6.07) is 8.28. The lowest BCUT2D eigenvalue weighted by molar-refractivity contribution is 0.633. The Kier molecular flexibility index (Phi) is 2.59. The Morgan fingerprint density at radius 3 is 2.68 bits per heavy atom. The molecule has 3 rings (SSSR count). The van der Waals surface area contributed by atoms with E-state index in [0.29, 0.717) is 11.4 Å². The molecule has 5 heteroatoms. The van der Waals surface area contributed by atoms with Crippen molar-refractivity contribution in [3.63, 3.8) is 0 Å². The highest BCUT2D eigenvalue weighted by atomic mass is 19.1. The number of hydrogen-bond donors (Lipinski definition) is 1. The Balaban J connectivity index is 2.14. The molecule has 0 unspecified atom stereocenters. The van der Waals surface area contributed by atoms with E-state index in [9.17, 15) is 4.39 Å². The second-order valence-corrected chi connectivity index (χ2v) is 4.29. The first kappa shape index (κ1) is 11.5. The molecule has 0 bridgehead atoms. The maximum absolute atomic E-state index is 13.4. The minimum Gasteiger partial charge on any atom is -0.396 e. The van der Waals surface area contributed by atoms with Gasteiger partial charge in [0.15, 0.2) is 5.82 Å². The summed E-state index contributed by atoms with van der Waals surface area (Å²) in [6.45, 7) is 1.91. The van der Waals surface area contributed by atoms with Crippen LogP contribution in [-0.4, -0.2) is 15.0 Å². The second kappa shape index (κ2) is 4.28. The van der Waals surface area contributed by atoms with Crippen molar-refractivity contribution in [2.24, 2.45) is 0 Å². The van der Waals surface area contributed by atoms with Crippen LogP contribution in [0.1, 0.15) is 5.69 Å². The molecule has 19 heavy (non-hydrogen) atoms. The SMILES string of the molecule is Cc1ccc2nc(-c3ccc(N)c(F)c3)ncc2n1. The zero-order chi connectivity index (χ0) is 13.4. The van der Waals surface area contributed by atoms with Gasteiger partial charge in [-0.25, -0.2) is 19.3 Å². The number of rotatable bonds is 1. The van der Waals surface area contributed by atoms with E-state index >= 15 is 0 Å². The lowest BCUT2D eigenvalue weighted by Crippen LogP contribution is -1.95. The largest absolute Gasteiger partial charge is 0.396 e. The summed E-state index contributed by atoms with van der Waals surface area (Å²) in [5, 5.41) is 0. The van der Waals surface area contributed by atoms with Gasteiger partial charge in [-0.1, -0.05) is 0 Å². The number of fused-ring (bicyclic) bond motifs is 1. The zero-order valence-corrected chi connectivity index (χ0v) is 10.3. The van der Waals surface area contributed by atoms with Crippen LogP contribution in [-0.2, 0) is 0 Å². The van der Waals surface area contributed by atoms with Crippen molar-refractivity contribution in [3.05, 3.63) is 48.0 Å². The summed E-state index contributed by atoms with van der Waals surface area (Å²) in [6.07, 6.45) is 1.64. The fourth-order valence-electron chi connectivity index (χ4n) is 1.83. The fourth-order valence-corrected chi connectivity index (χ4v) is 1.83. The predicted molar refractivity (Wildman–Crippen MR) is 71.9 cm³/mol. The van der Waals surface area contributed by atoms with Gasteiger partial charge in [-0.3, -0.25) is 0 Å². The Bertz CT molecular complexity index is 770. The van der Waals surface area contributed by atoms with Crippen LogP contribution in [0.5, 0.6) is 0 Å². The van der Waals surface area contributed by atoms with Crippen molar-refractivity contribution in [3.8, 4) is 11.4 Å². The molecule has 0 saturated carbocycles. The summed E-state index contributed by atoms with van der Waals surface area (Å²) in [4.78, 5) is 12.9. The van der Waals surface area contributed by atoms with Crippen LogP contribution < -0.4 is 5.73 Å². The average Bonchev–Trinajstić information content (AvgIpc) is 2.41. The van der Waals surface area contributed by atoms with Crippen LogP contribution in [0.15, 0.2) is 36.5 Å². The van der Waals surface area contributed by atoms with E-state index in [1.165, 1.54) is 12.1 Å². The topological polar surface area (TPSA) is 64.7 Å². The minimum absolute atomic E-state index is 0.113. The number of anilines is 1. The third-order valence-corrected chi connectivity index (χ3v) is 2.84. The molecular weight excluding hydrogens is 243 g/mol. The lowest BCUT2D eigenvalue weighted by atomic mass is 10.2. The van der Waals surface area contributed by atoms with E-state index in [0.717, 1.165) is 16.7 Å². The minimum atomic E-state index is -0.469. The first-order valence-corrected chi connectivity index (χ1v) is 5.79. The summed E-state index contributed by atoms with van der Waals surface area (Å²) in [5.74, 6) is -0.0136. The maximum Gasteiger partial charge on any atom is 0.160 e. The molecule has 0 saturated heterocycles. The molecular formula is C14H11FN4. The number of hydrogen-bond acceptors (Lipinski definition) is 4. The molecule has 0 amide bonds. The average molecular weight is 254 g/mol. The van der Waals surface area contributed by atoms with Gasteiger partial charge in [0.1, 0.15) is 11.3 Å². The van der Waals surface area contributed by atoms with Gasteiger partial charge < -0.3 is 5.73 Å². The Hall–Kier alpha value is -2.56. The molecule has 0 fully saturated rings. The monoisotopic (exact) mass is 254 g/mol. The van der Waals surface area contributed by atoms with Gasteiger partial charge in [0.05, 0.1) is 17.4 Å². The van der Waals surface area contributed by atoms with Crippen molar-refractivity contribution >= 4 is 16.7 Å². The summed E-state index contributed by atoms with van der Waals surface area (Å²) < 4.78 is 13.4.